The van der Waals surface area contributed by atoms with Gasteiger partial charge in [0.1, 0.15) is 0 Å². The normalized spacial score (nSPS) is 9.93. The molecule has 3 heteroatoms. The van der Waals surface area contributed by atoms with Gasteiger partial charge in [0.05, 0.1) is 0 Å². The number of anilines is 1. The Kier molecular flexibility index (Phi) is 4.14. The molecule has 0 fully saturated rings. The molecule has 1 aromatic carbocycles. The SMILES string of the molecule is Cc1cccc(NC(=O)CCBr)c1C. The van der Waals surface area contributed by atoms with Crippen LogP contribution in [0.3, 0.4) is 0 Å². The molecule has 0 aliphatic heterocycles. The van der Waals surface area contributed by atoms with Gasteiger partial charge in [0, 0.05) is 17.4 Å². The number of benzene rings is 1. The van der Waals surface area contributed by atoms with Gasteiger partial charge in [0.25, 0.3) is 0 Å². The van der Waals surface area contributed by atoms with E-state index in [-0.39, 0.29) is 5.91 Å². The van der Waals surface area contributed by atoms with E-state index in [0.717, 1.165) is 11.3 Å². The first-order valence-corrected chi connectivity index (χ1v) is 5.69. The monoisotopic (exact) mass is 255 g/mol. The molecule has 0 saturated carbocycles. The lowest BCUT2D eigenvalue weighted by Crippen LogP contribution is -2.12. The molecule has 0 bridgehead atoms. The van der Waals surface area contributed by atoms with Crippen LogP contribution >= 0.6 is 15.9 Å². The predicted molar refractivity (Wildman–Crippen MR) is 63.0 cm³/mol. The summed E-state index contributed by atoms with van der Waals surface area (Å²) in [5.41, 5.74) is 3.24. The van der Waals surface area contributed by atoms with E-state index in [2.05, 4.69) is 21.2 Å². The summed E-state index contributed by atoms with van der Waals surface area (Å²) >= 11 is 3.24. The van der Waals surface area contributed by atoms with Gasteiger partial charge in [-0.2, -0.15) is 0 Å². The predicted octanol–water partition coefficient (Wildman–Crippen LogP) is 3.03. The number of alkyl halides is 1. The first-order chi connectivity index (χ1) is 6.65. The fraction of sp³-hybridized carbons (Fsp3) is 0.364. The lowest BCUT2D eigenvalue weighted by molar-refractivity contribution is -0.115. The maximum Gasteiger partial charge on any atom is 0.225 e. The number of aryl methyl sites for hydroxylation is 1. The molecule has 2 nitrogen and oxygen atoms in total. The van der Waals surface area contributed by atoms with Crippen molar-refractivity contribution < 1.29 is 4.79 Å². The molecule has 1 aromatic rings. The average molecular weight is 256 g/mol. The topological polar surface area (TPSA) is 29.1 Å². The van der Waals surface area contributed by atoms with Gasteiger partial charge in [-0.1, -0.05) is 28.1 Å². The highest BCUT2D eigenvalue weighted by Crippen LogP contribution is 2.17. The Morgan fingerprint density at radius 2 is 2.14 bits per heavy atom. The summed E-state index contributed by atoms with van der Waals surface area (Å²) in [5, 5.41) is 3.58. The average Bonchev–Trinajstić information content (AvgIpc) is 2.13. The Balaban J connectivity index is 2.76. The van der Waals surface area contributed by atoms with Crippen LogP contribution in [0.2, 0.25) is 0 Å². The van der Waals surface area contributed by atoms with Crippen molar-refractivity contribution in [3.63, 3.8) is 0 Å². The summed E-state index contributed by atoms with van der Waals surface area (Å²) in [6.07, 6.45) is 0.507. The highest BCUT2D eigenvalue weighted by Gasteiger charge is 2.04. The van der Waals surface area contributed by atoms with E-state index in [1.54, 1.807) is 0 Å². The van der Waals surface area contributed by atoms with Crippen LogP contribution in [0.4, 0.5) is 5.69 Å². The molecule has 0 aliphatic carbocycles. The van der Waals surface area contributed by atoms with E-state index in [1.165, 1.54) is 5.56 Å². The van der Waals surface area contributed by atoms with Crippen LogP contribution in [-0.2, 0) is 4.79 Å². The molecular weight excluding hydrogens is 242 g/mol. The number of hydrogen-bond donors (Lipinski definition) is 1. The number of carbonyl (C=O) groups excluding carboxylic acids is 1. The number of halogens is 1. The molecule has 1 amide bonds. The van der Waals surface area contributed by atoms with Crippen LogP contribution in [0.25, 0.3) is 0 Å². The van der Waals surface area contributed by atoms with Crippen molar-refractivity contribution in [1.82, 2.24) is 0 Å². The minimum atomic E-state index is 0.0515. The van der Waals surface area contributed by atoms with Gasteiger partial charge < -0.3 is 5.32 Å². The van der Waals surface area contributed by atoms with Gasteiger partial charge in [0.2, 0.25) is 5.91 Å². The number of hydrogen-bond acceptors (Lipinski definition) is 1. The van der Waals surface area contributed by atoms with E-state index in [0.29, 0.717) is 11.8 Å². The van der Waals surface area contributed by atoms with Crippen LogP contribution in [0.15, 0.2) is 18.2 Å². The zero-order valence-corrected chi connectivity index (χ0v) is 10.0. The zero-order chi connectivity index (χ0) is 10.6. The molecule has 1 N–H and O–H groups in total. The molecule has 1 rings (SSSR count). The summed E-state index contributed by atoms with van der Waals surface area (Å²) in [4.78, 5) is 11.3. The molecule has 0 atom stereocenters. The smallest absolute Gasteiger partial charge is 0.225 e. The van der Waals surface area contributed by atoms with Crippen molar-refractivity contribution in [1.29, 1.82) is 0 Å². The van der Waals surface area contributed by atoms with Gasteiger partial charge in [-0.3, -0.25) is 4.79 Å². The molecule has 14 heavy (non-hydrogen) atoms. The first-order valence-electron chi connectivity index (χ1n) is 4.57. The minimum absolute atomic E-state index is 0.0515. The summed E-state index contributed by atoms with van der Waals surface area (Å²) in [6, 6.07) is 5.91. The Morgan fingerprint density at radius 1 is 1.43 bits per heavy atom. The zero-order valence-electron chi connectivity index (χ0n) is 8.43. The number of amides is 1. The van der Waals surface area contributed by atoms with Crippen LogP contribution in [-0.4, -0.2) is 11.2 Å². The minimum Gasteiger partial charge on any atom is -0.326 e. The lowest BCUT2D eigenvalue weighted by atomic mass is 10.1. The van der Waals surface area contributed by atoms with Crippen LogP contribution in [0.5, 0.6) is 0 Å². The third-order valence-corrected chi connectivity index (χ3v) is 2.60. The highest BCUT2D eigenvalue weighted by molar-refractivity contribution is 9.09. The third-order valence-electron chi connectivity index (χ3n) is 2.20. The molecule has 0 heterocycles. The van der Waals surface area contributed by atoms with Crippen LogP contribution < -0.4 is 5.32 Å². The van der Waals surface area contributed by atoms with E-state index in [4.69, 9.17) is 0 Å². The molecule has 0 aromatic heterocycles. The number of rotatable bonds is 3. The molecule has 0 saturated heterocycles. The lowest BCUT2D eigenvalue weighted by Gasteiger charge is -2.09. The standard InChI is InChI=1S/C11H14BrNO/c1-8-4-3-5-10(9(8)2)13-11(14)6-7-12/h3-5H,6-7H2,1-2H3,(H,13,14). The highest BCUT2D eigenvalue weighted by atomic mass is 79.9. The Labute approximate surface area is 92.8 Å². The molecule has 0 unspecified atom stereocenters. The molecule has 76 valence electrons. The summed E-state index contributed by atoms with van der Waals surface area (Å²) in [5.74, 6) is 0.0515. The maximum absolute atomic E-state index is 11.3. The van der Waals surface area contributed by atoms with E-state index in [1.807, 2.05) is 32.0 Å². The number of carbonyl (C=O) groups is 1. The summed E-state index contributed by atoms with van der Waals surface area (Å²) in [6.45, 7) is 4.05. The van der Waals surface area contributed by atoms with Crippen molar-refractivity contribution in [2.45, 2.75) is 20.3 Å². The van der Waals surface area contributed by atoms with Crippen molar-refractivity contribution in [2.75, 3.05) is 10.6 Å². The van der Waals surface area contributed by atoms with Gasteiger partial charge in [-0.05, 0) is 31.0 Å². The number of nitrogens with one attached hydrogen (secondary N) is 1. The van der Waals surface area contributed by atoms with Crippen molar-refractivity contribution in [3.05, 3.63) is 29.3 Å². The van der Waals surface area contributed by atoms with E-state index in [9.17, 15) is 4.79 Å². The van der Waals surface area contributed by atoms with E-state index >= 15 is 0 Å². The van der Waals surface area contributed by atoms with Crippen LogP contribution in [0, 0.1) is 13.8 Å². The fourth-order valence-corrected chi connectivity index (χ4v) is 1.55. The summed E-state index contributed by atoms with van der Waals surface area (Å²) < 4.78 is 0. The second-order valence-corrected chi connectivity index (χ2v) is 4.03. The third kappa shape index (κ3) is 2.84. The van der Waals surface area contributed by atoms with Crippen LogP contribution in [0.1, 0.15) is 17.5 Å². The summed E-state index contributed by atoms with van der Waals surface area (Å²) in [7, 11) is 0. The first kappa shape index (κ1) is 11.2. The van der Waals surface area contributed by atoms with Gasteiger partial charge >= 0.3 is 0 Å². The Bertz CT molecular complexity index is 336. The van der Waals surface area contributed by atoms with Crippen molar-refractivity contribution >= 4 is 27.5 Å². The second kappa shape index (κ2) is 5.15. The van der Waals surface area contributed by atoms with Gasteiger partial charge in [-0.15, -0.1) is 0 Å². The Morgan fingerprint density at radius 3 is 2.79 bits per heavy atom. The largest absolute Gasteiger partial charge is 0.326 e. The van der Waals surface area contributed by atoms with Crippen molar-refractivity contribution in [3.8, 4) is 0 Å². The molecule has 0 spiro atoms. The van der Waals surface area contributed by atoms with Crippen molar-refractivity contribution in [2.24, 2.45) is 0 Å². The molecule has 0 radical (unpaired) electrons. The second-order valence-electron chi connectivity index (χ2n) is 3.23. The van der Waals surface area contributed by atoms with Gasteiger partial charge in [0.15, 0.2) is 0 Å². The quantitative estimate of drug-likeness (QED) is 0.827. The maximum atomic E-state index is 11.3. The Hall–Kier alpha value is -0.830. The van der Waals surface area contributed by atoms with E-state index < -0.39 is 0 Å². The van der Waals surface area contributed by atoms with Gasteiger partial charge in [-0.25, -0.2) is 0 Å². The fourth-order valence-electron chi connectivity index (χ4n) is 1.19. The molecule has 0 aliphatic rings. The molecular formula is C11H14BrNO.